The van der Waals surface area contributed by atoms with Gasteiger partial charge in [-0.15, -0.1) is 0 Å². The second-order valence-electron chi connectivity index (χ2n) is 5.20. The van der Waals surface area contributed by atoms with Gasteiger partial charge in [0.1, 0.15) is 11.6 Å². The van der Waals surface area contributed by atoms with Crippen LogP contribution in [0.3, 0.4) is 0 Å². The van der Waals surface area contributed by atoms with Crippen LogP contribution in [-0.2, 0) is 11.2 Å². The van der Waals surface area contributed by atoms with Gasteiger partial charge < -0.3 is 5.73 Å². The Hall–Kier alpha value is -0.740. The minimum absolute atomic E-state index is 0.131. The van der Waals surface area contributed by atoms with Crippen molar-refractivity contribution in [2.75, 3.05) is 0 Å². The normalized spacial score (nSPS) is 17.9. The number of hydrogen-bond donors (Lipinski definition) is 1. The van der Waals surface area contributed by atoms with Crippen LogP contribution in [0, 0.1) is 5.82 Å². The molecule has 0 amide bonds. The summed E-state index contributed by atoms with van der Waals surface area (Å²) < 4.78 is 13.6. The van der Waals surface area contributed by atoms with Crippen molar-refractivity contribution in [1.29, 1.82) is 0 Å². The first-order valence-corrected chi connectivity index (χ1v) is 7.02. The summed E-state index contributed by atoms with van der Waals surface area (Å²) in [5.41, 5.74) is 6.70. The Labute approximate surface area is 115 Å². The highest BCUT2D eigenvalue weighted by Crippen LogP contribution is 2.31. The minimum atomic E-state index is -0.302. The molecule has 4 heteroatoms. The molecule has 1 aliphatic carbocycles. The van der Waals surface area contributed by atoms with Crippen molar-refractivity contribution < 1.29 is 9.18 Å². The molecule has 0 atom stereocenters. The Morgan fingerprint density at radius 2 is 2.06 bits per heavy atom. The van der Waals surface area contributed by atoms with Gasteiger partial charge in [-0.2, -0.15) is 0 Å². The fourth-order valence-electron chi connectivity index (χ4n) is 2.59. The summed E-state index contributed by atoms with van der Waals surface area (Å²) in [7, 11) is 0. The lowest BCUT2D eigenvalue weighted by Crippen LogP contribution is -2.39. The highest BCUT2D eigenvalue weighted by atomic mass is 79.9. The Morgan fingerprint density at radius 3 is 2.67 bits per heavy atom. The number of rotatable bonds is 4. The Morgan fingerprint density at radius 1 is 1.39 bits per heavy atom. The molecular weight excluding hydrogens is 297 g/mol. The van der Waals surface area contributed by atoms with Crippen molar-refractivity contribution in [3.63, 3.8) is 0 Å². The smallest absolute Gasteiger partial charge is 0.139 e. The largest absolute Gasteiger partial charge is 0.325 e. The summed E-state index contributed by atoms with van der Waals surface area (Å²) in [6, 6.07) is 4.41. The predicted octanol–water partition coefficient (Wildman–Crippen LogP) is 3.36. The molecule has 0 aromatic heterocycles. The first-order valence-electron chi connectivity index (χ1n) is 6.23. The number of hydrogen-bond acceptors (Lipinski definition) is 2. The van der Waals surface area contributed by atoms with Gasteiger partial charge in [0.2, 0.25) is 0 Å². The summed E-state index contributed by atoms with van der Waals surface area (Å²) >= 11 is 3.28. The van der Waals surface area contributed by atoms with Gasteiger partial charge >= 0.3 is 0 Å². The van der Waals surface area contributed by atoms with Crippen LogP contribution in [0.4, 0.5) is 4.39 Å². The molecule has 0 heterocycles. The summed E-state index contributed by atoms with van der Waals surface area (Å²) in [4.78, 5) is 12.0. The minimum Gasteiger partial charge on any atom is -0.325 e. The SMILES string of the molecule is NC1(CC(=O)Cc2ccc(F)cc2Br)CCCC1. The maximum Gasteiger partial charge on any atom is 0.139 e. The van der Waals surface area contributed by atoms with Gasteiger partial charge in [0, 0.05) is 22.9 Å². The molecule has 2 N–H and O–H groups in total. The van der Waals surface area contributed by atoms with Crippen molar-refractivity contribution in [3.8, 4) is 0 Å². The lowest BCUT2D eigenvalue weighted by atomic mass is 9.90. The van der Waals surface area contributed by atoms with Crippen LogP contribution in [0.25, 0.3) is 0 Å². The van der Waals surface area contributed by atoms with Crippen LogP contribution in [-0.4, -0.2) is 11.3 Å². The zero-order valence-electron chi connectivity index (χ0n) is 10.2. The van der Waals surface area contributed by atoms with E-state index in [9.17, 15) is 9.18 Å². The number of halogens is 2. The molecule has 0 saturated heterocycles. The number of Topliss-reactive ketones (excluding diaryl/α,β-unsaturated/α-hetero) is 1. The maximum atomic E-state index is 12.9. The molecule has 0 aliphatic heterocycles. The monoisotopic (exact) mass is 313 g/mol. The molecule has 0 unspecified atom stereocenters. The molecule has 2 nitrogen and oxygen atoms in total. The van der Waals surface area contributed by atoms with Gasteiger partial charge in [-0.1, -0.05) is 34.8 Å². The van der Waals surface area contributed by atoms with Crippen molar-refractivity contribution in [2.45, 2.75) is 44.1 Å². The Kier molecular flexibility index (Phi) is 4.17. The Balaban J connectivity index is 1.98. The Bertz CT molecular complexity index is 455. The van der Waals surface area contributed by atoms with Crippen molar-refractivity contribution >= 4 is 21.7 Å². The summed E-state index contributed by atoms with van der Waals surface area (Å²) in [5.74, 6) is -0.170. The van der Waals surface area contributed by atoms with Crippen molar-refractivity contribution in [2.24, 2.45) is 5.73 Å². The van der Waals surface area contributed by atoms with Gasteiger partial charge in [-0.3, -0.25) is 4.79 Å². The molecule has 18 heavy (non-hydrogen) atoms. The van der Waals surface area contributed by atoms with E-state index >= 15 is 0 Å². The van der Waals surface area contributed by atoms with Crippen LogP contribution >= 0.6 is 15.9 Å². The van der Waals surface area contributed by atoms with Crippen LogP contribution < -0.4 is 5.73 Å². The third kappa shape index (κ3) is 3.39. The van der Waals surface area contributed by atoms with E-state index in [0.29, 0.717) is 17.3 Å². The van der Waals surface area contributed by atoms with Crippen molar-refractivity contribution in [1.82, 2.24) is 0 Å². The number of ketones is 1. The van der Waals surface area contributed by atoms with Crippen LogP contribution in [0.15, 0.2) is 22.7 Å². The molecule has 0 bridgehead atoms. The molecular formula is C14H17BrFNO. The lowest BCUT2D eigenvalue weighted by molar-refractivity contribution is -0.119. The van der Waals surface area contributed by atoms with Gasteiger partial charge in [0.15, 0.2) is 0 Å². The average molecular weight is 314 g/mol. The fraction of sp³-hybridized carbons (Fsp3) is 0.500. The number of carbonyl (C=O) groups excluding carboxylic acids is 1. The van der Waals surface area contributed by atoms with E-state index in [2.05, 4.69) is 15.9 Å². The summed E-state index contributed by atoms with van der Waals surface area (Å²) in [5, 5.41) is 0. The van der Waals surface area contributed by atoms with Crippen LogP contribution in [0.5, 0.6) is 0 Å². The highest BCUT2D eigenvalue weighted by Gasteiger charge is 2.31. The number of benzene rings is 1. The van der Waals surface area contributed by atoms with Crippen molar-refractivity contribution in [3.05, 3.63) is 34.1 Å². The van der Waals surface area contributed by atoms with Gasteiger partial charge in [-0.25, -0.2) is 4.39 Å². The third-order valence-electron chi connectivity index (χ3n) is 3.55. The molecule has 1 fully saturated rings. The van der Waals surface area contributed by atoms with Gasteiger partial charge in [-0.05, 0) is 30.5 Å². The molecule has 0 spiro atoms. The first-order chi connectivity index (χ1) is 8.48. The third-order valence-corrected chi connectivity index (χ3v) is 4.29. The van der Waals surface area contributed by atoms with E-state index in [1.54, 1.807) is 6.07 Å². The summed E-state index contributed by atoms with van der Waals surface area (Å²) in [6.07, 6.45) is 4.84. The quantitative estimate of drug-likeness (QED) is 0.926. The standard InChI is InChI=1S/C14H17BrFNO/c15-13-8-11(16)4-3-10(13)7-12(18)9-14(17)5-1-2-6-14/h3-4,8H,1-2,5-7,9,17H2. The molecule has 1 aromatic rings. The molecule has 1 saturated carbocycles. The van der Waals surface area contributed by atoms with E-state index in [1.807, 2.05) is 0 Å². The van der Waals surface area contributed by atoms with E-state index < -0.39 is 0 Å². The van der Waals surface area contributed by atoms with Gasteiger partial charge in [0.25, 0.3) is 0 Å². The molecule has 98 valence electrons. The zero-order valence-corrected chi connectivity index (χ0v) is 11.8. The molecule has 1 aliphatic rings. The number of nitrogens with two attached hydrogens (primary N) is 1. The molecule has 1 aromatic carbocycles. The zero-order chi connectivity index (χ0) is 13.2. The number of carbonyl (C=O) groups is 1. The fourth-order valence-corrected chi connectivity index (χ4v) is 3.08. The van der Waals surface area contributed by atoms with Gasteiger partial charge in [0.05, 0.1) is 0 Å². The topological polar surface area (TPSA) is 43.1 Å². The van der Waals surface area contributed by atoms with E-state index in [0.717, 1.165) is 31.2 Å². The highest BCUT2D eigenvalue weighted by molar-refractivity contribution is 9.10. The van der Waals surface area contributed by atoms with E-state index in [4.69, 9.17) is 5.73 Å². The van der Waals surface area contributed by atoms with E-state index in [-0.39, 0.29) is 17.1 Å². The van der Waals surface area contributed by atoms with E-state index in [1.165, 1.54) is 12.1 Å². The maximum absolute atomic E-state index is 12.9. The first kappa shape index (κ1) is 13.7. The second-order valence-corrected chi connectivity index (χ2v) is 6.05. The average Bonchev–Trinajstić information content (AvgIpc) is 2.69. The molecule has 0 radical (unpaired) electrons. The summed E-state index contributed by atoms with van der Waals surface area (Å²) in [6.45, 7) is 0. The molecule has 2 rings (SSSR count). The predicted molar refractivity (Wildman–Crippen MR) is 72.8 cm³/mol. The second kappa shape index (κ2) is 5.49. The van der Waals surface area contributed by atoms with Crippen LogP contribution in [0.2, 0.25) is 0 Å². The lowest BCUT2D eigenvalue weighted by Gasteiger charge is -2.22. The van der Waals surface area contributed by atoms with Crippen LogP contribution in [0.1, 0.15) is 37.7 Å².